The van der Waals surface area contributed by atoms with Gasteiger partial charge < -0.3 is 4.74 Å². The molecule has 162 valence electrons. The Bertz CT molecular complexity index is 644. The Kier molecular flexibility index (Phi) is 7.06. The van der Waals surface area contributed by atoms with Gasteiger partial charge in [0, 0.05) is 23.9 Å². The van der Waals surface area contributed by atoms with Crippen LogP contribution in [-0.2, 0) is 9.57 Å². The van der Waals surface area contributed by atoms with Crippen LogP contribution in [0, 0.1) is 5.92 Å². The second-order valence-electron chi connectivity index (χ2n) is 10.3. The van der Waals surface area contributed by atoms with Crippen molar-refractivity contribution in [2.75, 3.05) is 0 Å². The molecule has 2 aliphatic rings. The van der Waals surface area contributed by atoms with Crippen molar-refractivity contribution < 1.29 is 14.4 Å². The second-order valence-corrected chi connectivity index (χ2v) is 10.3. The van der Waals surface area contributed by atoms with Crippen LogP contribution in [-0.4, -0.2) is 34.3 Å². The Hall–Kier alpha value is -1.39. The summed E-state index contributed by atoms with van der Waals surface area (Å²) < 4.78 is 5.91. The van der Waals surface area contributed by atoms with Crippen molar-refractivity contribution in [3.63, 3.8) is 0 Å². The highest BCUT2D eigenvalue weighted by Crippen LogP contribution is 2.41. The summed E-state index contributed by atoms with van der Waals surface area (Å²) in [6.07, 6.45) is 9.55. The number of rotatable bonds is 5. The molecule has 0 spiro atoms. The monoisotopic (exact) mass is 401 g/mol. The fraction of sp³-hybridized carbons (Fsp3) is 0.720. The average molecular weight is 402 g/mol. The van der Waals surface area contributed by atoms with E-state index in [9.17, 15) is 4.79 Å². The normalized spacial score (nSPS) is 24.6. The van der Waals surface area contributed by atoms with E-state index in [0.717, 1.165) is 12.8 Å². The van der Waals surface area contributed by atoms with Crippen LogP contribution < -0.4 is 0 Å². The van der Waals surface area contributed by atoms with Gasteiger partial charge in [0.05, 0.1) is 11.7 Å². The van der Waals surface area contributed by atoms with E-state index in [1.54, 1.807) is 0 Å². The van der Waals surface area contributed by atoms with Gasteiger partial charge in [-0.25, -0.2) is 4.79 Å². The summed E-state index contributed by atoms with van der Waals surface area (Å²) >= 11 is 0. The van der Waals surface area contributed by atoms with E-state index in [4.69, 9.17) is 9.57 Å². The van der Waals surface area contributed by atoms with Gasteiger partial charge in [0.15, 0.2) is 0 Å². The summed E-state index contributed by atoms with van der Waals surface area (Å²) in [5.41, 5.74) is 0.203. The van der Waals surface area contributed by atoms with Gasteiger partial charge in [-0.3, -0.25) is 4.84 Å². The summed E-state index contributed by atoms with van der Waals surface area (Å²) in [7, 11) is 0. The third-order valence-corrected chi connectivity index (χ3v) is 6.67. The van der Waals surface area contributed by atoms with Crippen molar-refractivity contribution in [2.45, 2.75) is 109 Å². The van der Waals surface area contributed by atoms with Crippen LogP contribution in [0.25, 0.3) is 0 Å². The second kappa shape index (κ2) is 9.18. The number of hydroxylamine groups is 2. The van der Waals surface area contributed by atoms with Crippen LogP contribution in [0.4, 0.5) is 0 Å². The van der Waals surface area contributed by atoms with Crippen molar-refractivity contribution in [1.29, 1.82) is 0 Å². The molecule has 2 fully saturated rings. The summed E-state index contributed by atoms with van der Waals surface area (Å²) in [6.45, 7) is 11.1. The molecule has 1 atom stereocenters. The number of nitrogens with zero attached hydrogens (tertiary/aromatic N) is 1. The number of benzene rings is 1. The first-order valence-corrected chi connectivity index (χ1v) is 11.4. The Morgan fingerprint density at radius 1 is 0.966 bits per heavy atom. The molecule has 0 aromatic heterocycles. The minimum absolute atomic E-state index is 0.110. The number of carbonyl (C=O) groups is 1. The van der Waals surface area contributed by atoms with Crippen molar-refractivity contribution in [3.8, 4) is 0 Å². The van der Waals surface area contributed by atoms with E-state index in [2.05, 4.69) is 39.7 Å². The summed E-state index contributed by atoms with van der Waals surface area (Å²) in [4.78, 5) is 19.2. The SMILES string of the molecule is CC(ON1C(C)(C)CC(OC(=O)c2ccccc2)CC1(C)C)C1CCCCCC1. The molecule has 29 heavy (non-hydrogen) atoms. The zero-order chi connectivity index (χ0) is 21.1. The predicted molar refractivity (Wildman–Crippen MR) is 117 cm³/mol. The van der Waals surface area contributed by atoms with Crippen LogP contribution in [0.2, 0.25) is 0 Å². The summed E-state index contributed by atoms with van der Waals surface area (Å²) in [5, 5.41) is 2.21. The molecule has 0 N–H and O–H groups in total. The van der Waals surface area contributed by atoms with Crippen molar-refractivity contribution >= 4 is 5.97 Å². The molecule has 1 heterocycles. The van der Waals surface area contributed by atoms with Crippen LogP contribution in [0.5, 0.6) is 0 Å². The fourth-order valence-corrected chi connectivity index (χ4v) is 5.37. The standard InChI is InChI=1S/C25H39NO3/c1-19(20-13-9-6-7-10-14-20)29-26-24(2,3)17-22(18-25(26,4)5)28-23(27)21-15-11-8-12-16-21/h8,11-12,15-16,19-20,22H,6-7,9-10,13-14,17-18H2,1-5H3. The lowest BCUT2D eigenvalue weighted by Gasteiger charge is -2.54. The van der Waals surface area contributed by atoms with Crippen LogP contribution >= 0.6 is 0 Å². The fourth-order valence-electron chi connectivity index (χ4n) is 5.37. The average Bonchev–Trinajstić information content (AvgIpc) is 2.94. The molecule has 1 saturated heterocycles. The maximum absolute atomic E-state index is 12.6. The first kappa shape index (κ1) is 22.3. The number of ether oxygens (including phenoxy) is 1. The molecule has 0 bridgehead atoms. The van der Waals surface area contributed by atoms with Crippen LogP contribution in [0.1, 0.15) is 96.3 Å². The molecule has 4 heteroatoms. The molecule has 1 unspecified atom stereocenters. The zero-order valence-electron chi connectivity index (χ0n) is 18.9. The van der Waals surface area contributed by atoms with E-state index < -0.39 is 0 Å². The zero-order valence-corrected chi connectivity index (χ0v) is 18.9. The smallest absolute Gasteiger partial charge is 0.338 e. The van der Waals surface area contributed by atoms with E-state index in [0.29, 0.717) is 11.5 Å². The molecule has 1 saturated carbocycles. The molecular weight excluding hydrogens is 362 g/mol. The molecule has 3 rings (SSSR count). The molecular formula is C25H39NO3. The van der Waals surface area contributed by atoms with Gasteiger partial charge in [-0.15, -0.1) is 0 Å². The molecule has 1 aromatic rings. The van der Waals surface area contributed by atoms with E-state index in [1.807, 2.05) is 30.3 Å². The minimum Gasteiger partial charge on any atom is -0.459 e. The first-order chi connectivity index (χ1) is 13.7. The van der Waals surface area contributed by atoms with Gasteiger partial charge in [-0.1, -0.05) is 43.9 Å². The molecule has 0 amide bonds. The lowest BCUT2D eigenvalue weighted by Crippen LogP contribution is -2.63. The third kappa shape index (κ3) is 5.61. The van der Waals surface area contributed by atoms with Gasteiger partial charge in [0.1, 0.15) is 6.10 Å². The lowest BCUT2D eigenvalue weighted by atomic mass is 9.80. The van der Waals surface area contributed by atoms with Crippen LogP contribution in [0.15, 0.2) is 30.3 Å². The summed E-state index contributed by atoms with van der Waals surface area (Å²) in [6, 6.07) is 9.27. The van der Waals surface area contributed by atoms with E-state index in [-0.39, 0.29) is 29.3 Å². The van der Waals surface area contributed by atoms with Gasteiger partial charge in [-0.2, -0.15) is 5.06 Å². The largest absolute Gasteiger partial charge is 0.459 e. The number of hydrogen-bond acceptors (Lipinski definition) is 4. The molecule has 0 radical (unpaired) electrons. The predicted octanol–water partition coefficient (Wildman–Crippen LogP) is 6.16. The van der Waals surface area contributed by atoms with Gasteiger partial charge >= 0.3 is 5.97 Å². The van der Waals surface area contributed by atoms with E-state index in [1.165, 1.54) is 38.5 Å². The highest BCUT2D eigenvalue weighted by atomic mass is 16.7. The maximum atomic E-state index is 12.6. The van der Waals surface area contributed by atoms with Crippen LogP contribution in [0.3, 0.4) is 0 Å². The maximum Gasteiger partial charge on any atom is 0.338 e. The number of hydrogen-bond donors (Lipinski definition) is 0. The third-order valence-electron chi connectivity index (χ3n) is 6.67. The van der Waals surface area contributed by atoms with Crippen molar-refractivity contribution in [3.05, 3.63) is 35.9 Å². The van der Waals surface area contributed by atoms with Crippen molar-refractivity contribution in [2.24, 2.45) is 5.92 Å². The Morgan fingerprint density at radius 3 is 2.07 bits per heavy atom. The highest BCUT2D eigenvalue weighted by Gasteiger charge is 2.48. The quantitative estimate of drug-likeness (QED) is 0.438. The summed E-state index contributed by atoms with van der Waals surface area (Å²) in [5.74, 6) is 0.404. The molecule has 1 aliphatic heterocycles. The Labute approximate surface area is 176 Å². The first-order valence-electron chi connectivity index (χ1n) is 11.4. The lowest BCUT2D eigenvalue weighted by molar-refractivity contribution is -0.318. The minimum atomic E-state index is -0.233. The van der Waals surface area contributed by atoms with Gasteiger partial charge in [0.2, 0.25) is 0 Å². The Balaban J connectivity index is 1.66. The molecule has 1 aliphatic carbocycles. The number of esters is 1. The Morgan fingerprint density at radius 2 is 1.52 bits per heavy atom. The molecule has 1 aromatic carbocycles. The molecule has 4 nitrogen and oxygen atoms in total. The number of piperidine rings is 1. The van der Waals surface area contributed by atoms with Gasteiger partial charge in [-0.05, 0) is 65.5 Å². The number of carbonyl (C=O) groups excluding carboxylic acids is 1. The highest BCUT2D eigenvalue weighted by molar-refractivity contribution is 5.89. The van der Waals surface area contributed by atoms with E-state index >= 15 is 0 Å². The van der Waals surface area contributed by atoms with Gasteiger partial charge in [0.25, 0.3) is 0 Å². The topological polar surface area (TPSA) is 38.8 Å². The van der Waals surface area contributed by atoms with Crippen molar-refractivity contribution in [1.82, 2.24) is 5.06 Å².